The number of carbonyl (C=O) groups is 2. The summed E-state index contributed by atoms with van der Waals surface area (Å²) in [6.07, 6.45) is 0. The molecule has 0 amide bonds. The largest absolute Gasteiger partial charge is 0.388 e. The molecule has 0 spiro atoms. The lowest BCUT2D eigenvalue weighted by Crippen LogP contribution is -2.21. The summed E-state index contributed by atoms with van der Waals surface area (Å²) in [4.78, 5) is 24.8. The fourth-order valence-electron chi connectivity index (χ4n) is 2.35. The third-order valence-corrected chi connectivity index (χ3v) is 3.22. The predicted octanol–water partition coefficient (Wildman–Crippen LogP) is 2.93. The smallest absolute Gasteiger partial charge is 0.196 e. The Balaban J connectivity index is 0.00000133. The quantitative estimate of drug-likeness (QED) is 0.741. The summed E-state index contributed by atoms with van der Waals surface area (Å²) in [5, 5.41) is 2.96. The number of hydrogen-bond donors (Lipinski definition) is 1. The van der Waals surface area contributed by atoms with E-state index < -0.39 is 0 Å². The number of nitrogens with one attached hydrogen (secondary N) is 1. The number of fused-ring (bicyclic) bond motifs is 2. The predicted molar refractivity (Wildman–Crippen MR) is 76.5 cm³/mol. The van der Waals surface area contributed by atoms with Gasteiger partial charge in [0, 0.05) is 29.4 Å². The van der Waals surface area contributed by atoms with Crippen LogP contribution in [-0.2, 0) is 0 Å². The first kappa shape index (κ1) is 13.3. The minimum absolute atomic E-state index is 0. The van der Waals surface area contributed by atoms with Crippen LogP contribution in [0.5, 0.6) is 0 Å². The van der Waals surface area contributed by atoms with E-state index in [2.05, 4.69) is 5.32 Å². The van der Waals surface area contributed by atoms with E-state index in [9.17, 15) is 9.59 Å². The fraction of sp³-hybridized carbons (Fsp3) is 0.0667. The van der Waals surface area contributed by atoms with Crippen LogP contribution in [0.1, 0.15) is 31.8 Å². The molecular weight excluding hydrogens is 262 g/mol. The average molecular weight is 274 g/mol. The molecule has 0 saturated heterocycles. The van der Waals surface area contributed by atoms with Crippen molar-refractivity contribution in [3.05, 3.63) is 64.7 Å². The first-order valence-corrected chi connectivity index (χ1v) is 5.73. The van der Waals surface area contributed by atoms with Crippen molar-refractivity contribution in [2.45, 2.75) is 0 Å². The molecule has 0 aliphatic heterocycles. The van der Waals surface area contributed by atoms with Gasteiger partial charge in [0.2, 0.25) is 0 Å². The van der Waals surface area contributed by atoms with Crippen molar-refractivity contribution in [2.24, 2.45) is 0 Å². The van der Waals surface area contributed by atoms with E-state index in [0.29, 0.717) is 27.9 Å². The molecular formula is C15H12ClNO2. The van der Waals surface area contributed by atoms with Gasteiger partial charge in [-0.2, -0.15) is 0 Å². The molecule has 1 aliphatic rings. The Labute approximate surface area is 117 Å². The van der Waals surface area contributed by atoms with E-state index in [0.717, 1.165) is 0 Å². The van der Waals surface area contributed by atoms with Gasteiger partial charge < -0.3 is 5.32 Å². The third kappa shape index (κ3) is 1.83. The Kier molecular flexibility index (Phi) is 3.40. The molecule has 3 rings (SSSR count). The maximum Gasteiger partial charge on any atom is 0.196 e. The van der Waals surface area contributed by atoms with Crippen molar-refractivity contribution >= 4 is 29.7 Å². The molecule has 0 saturated carbocycles. The molecule has 96 valence electrons. The van der Waals surface area contributed by atoms with Gasteiger partial charge in [0.1, 0.15) is 0 Å². The van der Waals surface area contributed by atoms with Crippen molar-refractivity contribution in [3.8, 4) is 0 Å². The standard InChI is InChI=1S/C15H11NO2.ClH/c1-16-12-8-4-7-11-13(12)15(18)10-6-3-2-5-9(10)14(11)17;/h2-8,16H,1H3;1H. The maximum atomic E-state index is 12.4. The highest BCUT2D eigenvalue weighted by molar-refractivity contribution is 6.30. The van der Waals surface area contributed by atoms with Gasteiger partial charge in [0.15, 0.2) is 11.6 Å². The highest BCUT2D eigenvalue weighted by Crippen LogP contribution is 2.31. The summed E-state index contributed by atoms with van der Waals surface area (Å²) in [5.74, 6) is -0.178. The number of rotatable bonds is 1. The van der Waals surface area contributed by atoms with Gasteiger partial charge in [0.25, 0.3) is 0 Å². The molecule has 19 heavy (non-hydrogen) atoms. The molecule has 1 aliphatic carbocycles. The second kappa shape index (κ2) is 4.86. The van der Waals surface area contributed by atoms with Gasteiger partial charge in [0.05, 0.1) is 5.56 Å². The Morgan fingerprint density at radius 3 is 2.00 bits per heavy atom. The molecule has 0 aromatic heterocycles. The molecule has 0 heterocycles. The van der Waals surface area contributed by atoms with Crippen LogP contribution in [0.3, 0.4) is 0 Å². The summed E-state index contributed by atoms with van der Waals surface area (Å²) >= 11 is 0. The second-order valence-electron chi connectivity index (χ2n) is 4.18. The first-order chi connectivity index (χ1) is 8.74. The van der Waals surface area contributed by atoms with Gasteiger partial charge in [-0.15, -0.1) is 12.4 Å². The van der Waals surface area contributed by atoms with Crippen LogP contribution in [0.25, 0.3) is 0 Å². The zero-order chi connectivity index (χ0) is 12.7. The van der Waals surface area contributed by atoms with Crippen LogP contribution in [0.4, 0.5) is 5.69 Å². The minimum Gasteiger partial charge on any atom is -0.388 e. The number of anilines is 1. The number of carbonyl (C=O) groups excluding carboxylic acids is 2. The topological polar surface area (TPSA) is 46.2 Å². The normalized spacial score (nSPS) is 12.3. The summed E-state index contributed by atoms with van der Waals surface area (Å²) in [6.45, 7) is 0. The van der Waals surface area contributed by atoms with Crippen LogP contribution in [0.2, 0.25) is 0 Å². The lowest BCUT2D eigenvalue weighted by atomic mass is 9.83. The lowest BCUT2D eigenvalue weighted by molar-refractivity contribution is 0.0979. The van der Waals surface area contributed by atoms with Crippen LogP contribution in [0.15, 0.2) is 42.5 Å². The SMILES string of the molecule is CNc1cccc2c1C(=O)c1ccccc1C2=O.Cl. The maximum absolute atomic E-state index is 12.4. The molecule has 0 atom stereocenters. The Morgan fingerprint density at radius 2 is 1.37 bits per heavy atom. The third-order valence-electron chi connectivity index (χ3n) is 3.22. The summed E-state index contributed by atoms with van der Waals surface area (Å²) in [6, 6.07) is 12.2. The van der Waals surface area contributed by atoms with Crippen LogP contribution >= 0.6 is 12.4 Å². The molecule has 4 heteroatoms. The van der Waals surface area contributed by atoms with Gasteiger partial charge in [-0.25, -0.2) is 0 Å². The summed E-state index contributed by atoms with van der Waals surface area (Å²) < 4.78 is 0. The lowest BCUT2D eigenvalue weighted by Gasteiger charge is -2.19. The van der Waals surface area contributed by atoms with Gasteiger partial charge in [-0.05, 0) is 6.07 Å². The minimum atomic E-state index is -0.0925. The van der Waals surface area contributed by atoms with Gasteiger partial charge in [-0.3, -0.25) is 9.59 Å². The van der Waals surface area contributed by atoms with Crippen LogP contribution in [0, 0.1) is 0 Å². The van der Waals surface area contributed by atoms with E-state index in [-0.39, 0.29) is 24.0 Å². The highest BCUT2D eigenvalue weighted by Gasteiger charge is 2.30. The van der Waals surface area contributed by atoms with E-state index in [1.807, 2.05) is 0 Å². The molecule has 1 N–H and O–H groups in total. The van der Waals surface area contributed by atoms with E-state index in [1.54, 1.807) is 49.5 Å². The molecule has 2 aromatic rings. The van der Waals surface area contributed by atoms with Crippen molar-refractivity contribution < 1.29 is 9.59 Å². The fourth-order valence-corrected chi connectivity index (χ4v) is 2.35. The Hall–Kier alpha value is -2.13. The van der Waals surface area contributed by atoms with Gasteiger partial charge in [-0.1, -0.05) is 36.4 Å². The number of hydrogen-bond acceptors (Lipinski definition) is 3. The molecule has 3 nitrogen and oxygen atoms in total. The first-order valence-electron chi connectivity index (χ1n) is 5.73. The molecule has 0 radical (unpaired) electrons. The molecule has 2 aromatic carbocycles. The van der Waals surface area contributed by atoms with E-state index in [4.69, 9.17) is 0 Å². The monoisotopic (exact) mass is 273 g/mol. The van der Waals surface area contributed by atoms with Crippen molar-refractivity contribution in [1.29, 1.82) is 0 Å². The number of halogens is 1. The summed E-state index contributed by atoms with van der Waals surface area (Å²) in [7, 11) is 1.74. The van der Waals surface area contributed by atoms with Crippen molar-refractivity contribution in [1.82, 2.24) is 0 Å². The second-order valence-corrected chi connectivity index (χ2v) is 4.18. The zero-order valence-corrected chi connectivity index (χ0v) is 11.1. The van der Waals surface area contributed by atoms with Gasteiger partial charge >= 0.3 is 0 Å². The number of ketones is 2. The Bertz CT molecular complexity index is 680. The van der Waals surface area contributed by atoms with Crippen molar-refractivity contribution in [3.63, 3.8) is 0 Å². The molecule has 0 fully saturated rings. The van der Waals surface area contributed by atoms with E-state index in [1.165, 1.54) is 0 Å². The van der Waals surface area contributed by atoms with E-state index >= 15 is 0 Å². The molecule has 0 bridgehead atoms. The van der Waals surface area contributed by atoms with Crippen LogP contribution < -0.4 is 5.32 Å². The van der Waals surface area contributed by atoms with Crippen molar-refractivity contribution in [2.75, 3.05) is 12.4 Å². The zero-order valence-electron chi connectivity index (χ0n) is 10.3. The summed E-state index contributed by atoms with van der Waals surface area (Å²) in [5.41, 5.74) is 2.62. The van der Waals surface area contributed by atoms with Crippen LogP contribution in [-0.4, -0.2) is 18.6 Å². The Morgan fingerprint density at radius 1 is 0.789 bits per heavy atom. The number of benzene rings is 2. The average Bonchev–Trinajstić information content (AvgIpc) is 2.44. The highest BCUT2D eigenvalue weighted by atomic mass is 35.5. The molecule has 0 unspecified atom stereocenters.